The number of nitrogens with zero attached hydrogens (tertiary/aromatic N) is 1. The van der Waals surface area contributed by atoms with E-state index in [0.29, 0.717) is 12.5 Å². The van der Waals surface area contributed by atoms with Gasteiger partial charge in [-0.2, -0.15) is 0 Å². The summed E-state index contributed by atoms with van der Waals surface area (Å²) in [7, 11) is 0. The van der Waals surface area contributed by atoms with Crippen molar-refractivity contribution in [3.8, 4) is 5.75 Å². The van der Waals surface area contributed by atoms with E-state index in [4.69, 9.17) is 4.74 Å². The van der Waals surface area contributed by atoms with Crippen LogP contribution in [0, 0.1) is 5.92 Å². The Morgan fingerprint density at radius 2 is 1.93 bits per heavy atom. The third kappa shape index (κ3) is 4.79. The van der Waals surface area contributed by atoms with Crippen LogP contribution in [0.4, 0.5) is 0 Å². The molecule has 2 aromatic carbocycles. The van der Waals surface area contributed by atoms with Gasteiger partial charge >= 0.3 is 0 Å². The second-order valence-corrected chi connectivity index (χ2v) is 8.24. The van der Waals surface area contributed by atoms with Gasteiger partial charge in [-0.15, -0.1) is 0 Å². The lowest BCUT2D eigenvalue weighted by Gasteiger charge is -2.30. The van der Waals surface area contributed by atoms with E-state index < -0.39 is 0 Å². The summed E-state index contributed by atoms with van der Waals surface area (Å²) in [5.74, 6) is 1.18. The fourth-order valence-corrected chi connectivity index (χ4v) is 4.40. The number of fused-ring (bicyclic) bond motifs is 2. The lowest BCUT2D eigenvalue weighted by atomic mass is 9.79. The van der Waals surface area contributed by atoms with E-state index in [1.807, 2.05) is 36.4 Å². The number of para-hydroxylation sites is 1. The monoisotopic (exact) mass is 389 g/mol. The molecular formula is C26H31NO2. The third-order valence-corrected chi connectivity index (χ3v) is 6.14. The number of hydrogen-bond donors (Lipinski definition) is 1. The molecule has 1 aliphatic carbocycles. The molecule has 0 unspecified atom stereocenters. The predicted molar refractivity (Wildman–Crippen MR) is 118 cm³/mol. The van der Waals surface area contributed by atoms with E-state index >= 15 is 0 Å². The third-order valence-electron chi connectivity index (χ3n) is 6.14. The Morgan fingerprint density at radius 3 is 2.83 bits per heavy atom. The number of aliphatic hydroxyl groups excluding tert-OH is 1. The maximum absolute atomic E-state index is 10.9. The topological polar surface area (TPSA) is 42.4 Å². The number of pyridine rings is 1. The van der Waals surface area contributed by atoms with Crippen molar-refractivity contribution in [1.29, 1.82) is 0 Å². The zero-order valence-electron chi connectivity index (χ0n) is 17.3. The number of rotatable bonds is 8. The van der Waals surface area contributed by atoms with Crippen LogP contribution in [0.5, 0.6) is 5.75 Å². The van der Waals surface area contributed by atoms with Gasteiger partial charge < -0.3 is 9.84 Å². The van der Waals surface area contributed by atoms with Crippen molar-refractivity contribution in [2.75, 3.05) is 0 Å². The Bertz CT molecular complexity index is 952. The van der Waals surface area contributed by atoms with Crippen LogP contribution in [0.1, 0.15) is 68.4 Å². The molecule has 0 spiro atoms. The van der Waals surface area contributed by atoms with Crippen molar-refractivity contribution in [1.82, 2.24) is 4.98 Å². The second kappa shape index (κ2) is 9.41. The molecule has 3 heteroatoms. The van der Waals surface area contributed by atoms with Crippen molar-refractivity contribution in [3.63, 3.8) is 0 Å². The highest BCUT2D eigenvalue weighted by atomic mass is 16.5. The first-order valence-electron chi connectivity index (χ1n) is 11.0. The molecule has 1 N–H and O–H groups in total. The van der Waals surface area contributed by atoms with E-state index in [1.165, 1.54) is 31.2 Å². The van der Waals surface area contributed by atoms with E-state index in [1.54, 1.807) is 0 Å². The second-order valence-electron chi connectivity index (χ2n) is 8.24. The van der Waals surface area contributed by atoms with Gasteiger partial charge in [0.25, 0.3) is 0 Å². The maximum atomic E-state index is 10.9. The number of aromatic nitrogens is 1. The molecule has 29 heavy (non-hydrogen) atoms. The molecule has 0 fully saturated rings. The molecule has 3 aromatic rings. The van der Waals surface area contributed by atoms with Gasteiger partial charge in [0.1, 0.15) is 12.4 Å². The minimum absolute atomic E-state index is 0.372. The number of hydrogen-bond acceptors (Lipinski definition) is 3. The Morgan fingerprint density at radius 1 is 1.03 bits per heavy atom. The van der Waals surface area contributed by atoms with E-state index in [-0.39, 0.29) is 6.10 Å². The normalized spacial score (nSPS) is 18.6. The van der Waals surface area contributed by atoms with Gasteiger partial charge in [-0.25, -0.2) is 4.98 Å². The van der Waals surface area contributed by atoms with Gasteiger partial charge in [-0.3, -0.25) is 0 Å². The molecule has 0 radical (unpaired) electrons. The highest BCUT2D eigenvalue weighted by molar-refractivity contribution is 5.78. The summed E-state index contributed by atoms with van der Waals surface area (Å²) in [6.45, 7) is 2.67. The van der Waals surface area contributed by atoms with Gasteiger partial charge in [0.15, 0.2) is 0 Å². The molecule has 1 aliphatic rings. The molecular weight excluding hydrogens is 358 g/mol. The van der Waals surface area contributed by atoms with Crippen LogP contribution in [0.25, 0.3) is 10.9 Å². The van der Waals surface area contributed by atoms with Crippen LogP contribution >= 0.6 is 0 Å². The van der Waals surface area contributed by atoms with Crippen molar-refractivity contribution < 1.29 is 9.84 Å². The summed E-state index contributed by atoms with van der Waals surface area (Å²) in [5.41, 5.74) is 4.22. The van der Waals surface area contributed by atoms with Crippen LogP contribution in [0.15, 0.2) is 54.6 Å². The lowest BCUT2D eigenvalue weighted by molar-refractivity contribution is 0.0864. The Hall–Kier alpha value is -2.39. The van der Waals surface area contributed by atoms with Crippen LogP contribution in [-0.2, 0) is 13.0 Å². The molecule has 1 heterocycles. The minimum Gasteiger partial charge on any atom is -0.487 e. The van der Waals surface area contributed by atoms with Crippen molar-refractivity contribution in [2.24, 2.45) is 5.92 Å². The van der Waals surface area contributed by atoms with Crippen LogP contribution in [0.3, 0.4) is 0 Å². The molecule has 0 saturated heterocycles. The smallest absolute Gasteiger partial charge is 0.130 e. The Balaban J connectivity index is 1.41. The molecule has 0 amide bonds. The summed E-state index contributed by atoms with van der Waals surface area (Å²) in [5, 5.41) is 12.1. The fraction of sp³-hybridized carbons (Fsp3) is 0.423. The SMILES string of the molecule is CCCCCC[C@@H]1CCc2ccc(OCc3ccc4ccccc4n3)cc2[C@H]1O. The molecule has 4 rings (SSSR count). The predicted octanol–water partition coefficient (Wildman–Crippen LogP) is 6.38. The highest BCUT2D eigenvalue weighted by Crippen LogP contribution is 2.39. The fourth-order valence-electron chi connectivity index (χ4n) is 4.40. The molecule has 2 atom stereocenters. The number of aryl methyl sites for hydroxylation is 1. The summed E-state index contributed by atoms with van der Waals surface area (Å²) in [6.07, 6.45) is 7.92. The van der Waals surface area contributed by atoms with E-state index in [9.17, 15) is 5.11 Å². The van der Waals surface area contributed by atoms with Crippen molar-refractivity contribution >= 4 is 10.9 Å². The zero-order valence-corrected chi connectivity index (χ0v) is 17.3. The van der Waals surface area contributed by atoms with Gasteiger partial charge in [0, 0.05) is 5.39 Å². The van der Waals surface area contributed by atoms with E-state index in [0.717, 1.165) is 47.2 Å². The molecule has 152 valence electrons. The zero-order chi connectivity index (χ0) is 20.1. The maximum Gasteiger partial charge on any atom is 0.130 e. The van der Waals surface area contributed by atoms with Crippen molar-refractivity contribution in [3.05, 3.63) is 71.4 Å². The molecule has 3 nitrogen and oxygen atoms in total. The largest absolute Gasteiger partial charge is 0.487 e. The number of unbranched alkanes of at least 4 members (excludes halogenated alkanes) is 3. The standard InChI is InChI=1S/C26H31NO2/c1-2-3-4-5-9-21-12-11-19-14-16-23(17-24(19)26(21)28)29-18-22-15-13-20-8-6-7-10-25(20)27-22/h6-8,10,13-17,21,26,28H,2-5,9,11-12,18H2,1H3/t21-,26+/m1/s1. The van der Waals surface area contributed by atoms with Crippen LogP contribution in [0.2, 0.25) is 0 Å². The average Bonchev–Trinajstić information content (AvgIpc) is 2.76. The summed E-state index contributed by atoms with van der Waals surface area (Å²) in [4.78, 5) is 4.68. The Labute approximate surface area is 173 Å². The summed E-state index contributed by atoms with van der Waals surface area (Å²) < 4.78 is 6.03. The highest BCUT2D eigenvalue weighted by Gasteiger charge is 2.27. The van der Waals surface area contributed by atoms with Gasteiger partial charge in [0.2, 0.25) is 0 Å². The first-order chi connectivity index (χ1) is 14.2. The van der Waals surface area contributed by atoms with Gasteiger partial charge in [0.05, 0.1) is 17.3 Å². The van der Waals surface area contributed by atoms with Crippen LogP contribution < -0.4 is 4.74 Å². The first-order valence-corrected chi connectivity index (χ1v) is 11.0. The summed E-state index contributed by atoms with van der Waals surface area (Å²) in [6, 6.07) is 18.4. The molecule has 0 aliphatic heterocycles. The van der Waals surface area contributed by atoms with Gasteiger partial charge in [-0.1, -0.05) is 62.9 Å². The quantitative estimate of drug-likeness (QED) is 0.455. The summed E-state index contributed by atoms with van der Waals surface area (Å²) >= 11 is 0. The molecule has 0 saturated carbocycles. The number of benzene rings is 2. The lowest BCUT2D eigenvalue weighted by Crippen LogP contribution is -2.20. The Kier molecular flexibility index (Phi) is 6.46. The van der Waals surface area contributed by atoms with E-state index in [2.05, 4.69) is 30.1 Å². The number of aliphatic hydroxyl groups is 1. The molecule has 1 aromatic heterocycles. The molecule has 0 bridgehead atoms. The van der Waals surface area contributed by atoms with Gasteiger partial charge in [-0.05, 0) is 60.6 Å². The average molecular weight is 390 g/mol. The first kappa shape index (κ1) is 19.9. The van der Waals surface area contributed by atoms with Crippen LogP contribution in [-0.4, -0.2) is 10.1 Å². The minimum atomic E-state index is -0.372. The number of ether oxygens (including phenoxy) is 1. The van der Waals surface area contributed by atoms with Crippen molar-refractivity contribution in [2.45, 2.75) is 64.6 Å².